The lowest BCUT2D eigenvalue weighted by Crippen LogP contribution is -2.06. The normalized spacial score (nSPS) is 12.9. The van der Waals surface area contributed by atoms with Crippen LogP contribution in [0.15, 0.2) is 6.07 Å². The Morgan fingerprint density at radius 3 is 2.00 bits per heavy atom. The molecule has 0 aliphatic rings. The van der Waals surface area contributed by atoms with E-state index in [-0.39, 0.29) is 0 Å². The third kappa shape index (κ3) is 2.65. The molecule has 90 valence electrons. The van der Waals surface area contributed by atoms with Gasteiger partial charge in [0.1, 0.15) is 0 Å². The maximum Gasteiger partial charge on any atom is -0.00771 e. The first-order valence-corrected chi connectivity index (χ1v) is 6.26. The quantitative estimate of drug-likeness (QED) is 0.819. The van der Waals surface area contributed by atoms with Gasteiger partial charge in [0.25, 0.3) is 0 Å². The Hall–Kier alpha value is -0.820. The molecule has 1 nitrogen and oxygen atoms in total. The van der Waals surface area contributed by atoms with Crippen molar-refractivity contribution in [2.45, 2.75) is 53.4 Å². The van der Waals surface area contributed by atoms with Crippen molar-refractivity contribution < 1.29 is 0 Å². The lowest BCUT2D eigenvalue weighted by Gasteiger charge is -2.21. The Morgan fingerprint density at radius 1 is 1.06 bits per heavy atom. The molecule has 2 N–H and O–H groups in total. The van der Waals surface area contributed by atoms with E-state index in [9.17, 15) is 0 Å². The molecular formula is C15H25N. The Balaban J connectivity index is 3.11. The van der Waals surface area contributed by atoms with Crippen molar-refractivity contribution in [3.8, 4) is 0 Å². The maximum absolute atomic E-state index is 5.59. The van der Waals surface area contributed by atoms with Gasteiger partial charge < -0.3 is 5.73 Å². The molecule has 0 aliphatic carbocycles. The van der Waals surface area contributed by atoms with Gasteiger partial charge in [0.2, 0.25) is 0 Å². The van der Waals surface area contributed by atoms with Crippen molar-refractivity contribution in [3.05, 3.63) is 33.9 Å². The minimum atomic E-state index is 0.627. The van der Waals surface area contributed by atoms with Crippen molar-refractivity contribution in [1.29, 1.82) is 0 Å². The van der Waals surface area contributed by atoms with Gasteiger partial charge in [-0.15, -0.1) is 0 Å². The molecule has 1 atom stereocenters. The van der Waals surface area contributed by atoms with Crippen LogP contribution in [0.5, 0.6) is 0 Å². The molecule has 1 aromatic rings. The highest BCUT2D eigenvalue weighted by atomic mass is 14.5. The fourth-order valence-electron chi connectivity index (χ4n) is 2.55. The van der Waals surface area contributed by atoms with Gasteiger partial charge in [-0.1, -0.05) is 13.0 Å². The summed E-state index contributed by atoms with van der Waals surface area (Å²) in [5, 5.41) is 0. The molecule has 0 aliphatic heterocycles. The smallest absolute Gasteiger partial charge is 0.00771 e. The predicted octanol–water partition coefficient (Wildman–Crippen LogP) is 3.76. The molecule has 1 heteroatoms. The van der Waals surface area contributed by atoms with Gasteiger partial charge in [0.15, 0.2) is 0 Å². The monoisotopic (exact) mass is 219 g/mol. The molecule has 0 saturated carbocycles. The average molecular weight is 219 g/mol. The summed E-state index contributed by atoms with van der Waals surface area (Å²) >= 11 is 0. The zero-order valence-corrected chi connectivity index (χ0v) is 11.4. The molecule has 0 aromatic heterocycles. The van der Waals surface area contributed by atoms with Crippen molar-refractivity contribution in [1.82, 2.24) is 0 Å². The molecule has 0 saturated heterocycles. The predicted molar refractivity (Wildman–Crippen MR) is 72.1 cm³/mol. The fourth-order valence-corrected chi connectivity index (χ4v) is 2.55. The number of aryl methyl sites for hydroxylation is 2. The van der Waals surface area contributed by atoms with Gasteiger partial charge in [0, 0.05) is 0 Å². The minimum Gasteiger partial charge on any atom is -0.330 e. The van der Waals surface area contributed by atoms with Gasteiger partial charge in [-0.25, -0.2) is 0 Å². The largest absolute Gasteiger partial charge is 0.330 e. The van der Waals surface area contributed by atoms with Gasteiger partial charge in [-0.05, 0) is 80.8 Å². The molecule has 0 amide bonds. The molecule has 16 heavy (non-hydrogen) atoms. The van der Waals surface area contributed by atoms with Crippen LogP contribution in [-0.2, 0) is 0 Å². The van der Waals surface area contributed by atoms with Crippen LogP contribution in [0.1, 0.15) is 53.5 Å². The Morgan fingerprint density at radius 2 is 1.56 bits per heavy atom. The van der Waals surface area contributed by atoms with E-state index in [1.165, 1.54) is 28.7 Å². The van der Waals surface area contributed by atoms with E-state index in [1.54, 1.807) is 5.56 Å². The lowest BCUT2D eigenvalue weighted by molar-refractivity contribution is 0.634. The number of hydrogen-bond donors (Lipinski definition) is 1. The third-order valence-electron chi connectivity index (χ3n) is 3.76. The summed E-state index contributed by atoms with van der Waals surface area (Å²) in [7, 11) is 0. The summed E-state index contributed by atoms with van der Waals surface area (Å²) < 4.78 is 0. The summed E-state index contributed by atoms with van der Waals surface area (Å²) in [4.78, 5) is 0. The van der Waals surface area contributed by atoms with Crippen LogP contribution < -0.4 is 5.73 Å². The summed E-state index contributed by atoms with van der Waals surface area (Å²) in [6.45, 7) is 12.0. The molecule has 1 rings (SSSR count). The average Bonchev–Trinajstić information content (AvgIpc) is 2.24. The molecule has 0 radical (unpaired) electrons. The molecule has 0 fully saturated rings. The Bertz CT molecular complexity index is 340. The van der Waals surface area contributed by atoms with Crippen LogP contribution in [0, 0.1) is 27.7 Å². The minimum absolute atomic E-state index is 0.627. The molecule has 0 heterocycles. The number of hydrogen-bond acceptors (Lipinski definition) is 1. The van der Waals surface area contributed by atoms with E-state index in [0.717, 1.165) is 13.0 Å². The zero-order valence-electron chi connectivity index (χ0n) is 11.4. The van der Waals surface area contributed by atoms with Gasteiger partial charge in [-0.2, -0.15) is 0 Å². The van der Waals surface area contributed by atoms with Gasteiger partial charge >= 0.3 is 0 Å². The number of rotatable bonds is 4. The Kier molecular flexibility index (Phi) is 4.55. The summed E-state index contributed by atoms with van der Waals surface area (Å²) in [6, 6.07) is 2.30. The first kappa shape index (κ1) is 13.2. The molecule has 0 bridgehead atoms. The van der Waals surface area contributed by atoms with E-state index in [4.69, 9.17) is 5.73 Å². The topological polar surface area (TPSA) is 26.0 Å². The SMILES string of the molecule is Cc1cc(C)c(C)c(C(C)CCCN)c1C. The second kappa shape index (κ2) is 5.49. The fraction of sp³-hybridized carbons (Fsp3) is 0.600. The second-order valence-electron chi connectivity index (χ2n) is 5.01. The highest BCUT2D eigenvalue weighted by molar-refractivity contribution is 5.45. The van der Waals surface area contributed by atoms with E-state index < -0.39 is 0 Å². The zero-order chi connectivity index (χ0) is 12.3. The first-order chi connectivity index (χ1) is 7.49. The van der Waals surface area contributed by atoms with E-state index in [0.29, 0.717) is 5.92 Å². The van der Waals surface area contributed by atoms with Crippen LogP contribution >= 0.6 is 0 Å². The van der Waals surface area contributed by atoms with Crippen molar-refractivity contribution in [3.63, 3.8) is 0 Å². The van der Waals surface area contributed by atoms with E-state index in [2.05, 4.69) is 40.7 Å². The summed E-state index contributed by atoms with van der Waals surface area (Å²) in [5.41, 5.74) is 12.9. The molecular weight excluding hydrogens is 194 g/mol. The summed E-state index contributed by atoms with van der Waals surface area (Å²) in [5.74, 6) is 0.627. The van der Waals surface area contributed by atoms with E-state index >= 15 is 0 Å². The van der Waals surface area contributed by atoms with E-state index in [1.807, 2.05) is 0 Å². The van der Waals surface area contributed by atoms with Crippen LogP contribution in [0.4, 0.5) is 0 Å². The van der Waals surface area contributed by atoms with Gasteiger partial charge in [0.05, 0.1) is 0 Å². The summed E-state index contributed by atoms with van der Waals surface area (Å²) in [6.07, 6.45) is 2.31. The van der Waals surface area contributed by atoms with Crippen LogP contribution in [0.3, 0.4) is 0 Å². The Labute approximate surface area is 100 Å². The van der Waals surface area contributed by atoms with Crippen LogP contribution in [-0.4, -0.2) is 6.54 Å². The first-order valence-electron chi connectivity index (χ1n) is 6.26. The van der Waals surface area contributed by atoms with Crippen LogP contribution in [0.25, 0.3) is 0 Å². The lowest BCUT2D eigenvalue weighted by atomic mass is 9.85. The van der Waals surface area contributed by atoms with Crippen molar-refractivity contribution >= 4 is 0 Å². The van der Waals surface area contributed by atoms with Crippen molar-refractivity contribution in [2.75, 3.05) is 6.54 Å². The third-order valence-corrected chi connectivity index (χ3v) is 3.76. The highest BCUT2D eigenvalue weighted by Gasteiger charge is 2.14. The van der Waals surface area contributed by atoms with Crippen LogP contribution in [0.2, 0.25) is 0 Å². The molecule has 1 aromatic carbocycles. The number of nitrogens with two attached hydrogens (primary N) is 1. The molecule has 0 spiro atoms. The number of benzene rings is 1. The standard InChI is InChI=1S/C15H25N/c1-10(7-6-8-16)15-13(4)11(2)9-12(3)14(15)5/h9-10H,6-8,16H2,1-5H3. The second-order valence-corrected chi connectivity index (χ2v) is 5.01. The van der Waals surface area contributed by atoms with Crippen molar-refractivity contribution in [2.24, 2.45) is 5.73 Å². The maximum atomic E-state index is 5.59. The van der Waals surface area contributed by atoms with Gasteiger partial charge in [-0.3, -0.25) is 0 Å². The molecule has 1 unspecified atom stereocenters. The highest BCUT2D eigenvalue weighted by Crippen LogP contribution is 2.30.